The van der Waals surface area contributed by atoms with E-state index in [2.05, 4.69) is 15.5 Å². The van der Waals surface area contributed by atoms with Crippen LogP contribution in [0.5, 0.6) is 0 Å². The van der Waals surface area contributed by atoms with Crippen molar-refractivity contribution in [3.8, 4) is 0 Å². The smallest absolute Gasteiger partial charge is 0.228 e. The molecule has 1 rings (SSSR count). The standard InChI is InChI=1S/C9H15N3O3/c13-6-2-1-3-8(14)10-5-4-9-11-7-12-15-9/h7,13H,1-6H2,(H,10,14). The number of aliphatic hydroxyl groups is 1. The Morgan fingerprint density at radius 1 is 1.53 bits per heavy atom. The van der Waals surface area contributed by atoms with Crippen molar-refractivity contribution in [2.75, 3.05) is 13.2 Å². The quantitative estimate of drug-likeness (QED) is 0.617. The fourth-order valence-electron chi connectivity index (χ4n) is 1.10. The van der Waals surface area contributed by atoms with E-state index < -0.39 is 0 Å². The number of carbonyl (C=O) groups is 1. The topological polar surface area (TPSA) is 88.2 Å². The zero-order chi connectivity index (χ0) is 10.9. The molecule has 0 aliphatic carbocycles. The molecular formula is C9H15N3O3. The van der Waals surface area contributed by atoms with Gasteiger partial charge in [0.2, 0.25) is 11.8 Å². The third-order valence-electron chi connectivity index (χ3n) is 1.88. The number of aromatic nitrogens is 2. The van der Waals surface area contributed by atoms with E-state index in [4.69, 9.17) is 9.63 Å². The maximum absolute atomic E-state index is 11.2. The number of nitrogens with zero attached hydrogens (tertiary/aromatic N) is 2. The maximum atomic E-state index is 11.2. The van der Waals surface area contributed by atoms with Gasteiger partial charge in [0.25, 0.3) is 0 Å². The van der Waals surface area contributed by atoms with Crippen LogP contribution in [-0.2, 0) is 11.2 Å². The van der Waals surface area contributed by atoms with Crippen LogP contribution in [0.1, 0.15) is 25.2 Å². The minimum absolute atomic E-state index is 0.0111. The number of amides is 1. The molecule has 2 N–H and O–H groups in total. The van der Waals surface area contributed by atoms with E-state index in [-0.39, 0.29) is 12.5 Å². The summed E-state index contributed by atoms with van der Waals surface area (Å²) in [5.41, 5.74) is 0. The molecule has 0 aromatic carbocycles. The minimum atomic E-state index is -0.0111. The highest BCUT2D eigenvalue weighted by molar-refractivity contribution is 5.75. The summed E-state index contributed by atoms with van der Waals surface area (Å²) >= 11 is 0. The Bertz CT molecular complexity index is 274. The molecule has 1 amide bonds. The van der Waals surface area contributed by atoms with Crippen molar-refractivity contribution in [3.05, 3.63) is 12.2 Å². The monoisotopic (exact) mass is 213 g/mol. The van der Waals surface area contributed by atoms with Gasteiger partial charge in [-0.05, 0) is 12.8 Å². The molecule has 1 heterocycles. The number of rotatable bonds is 7. The van der Waals surface area contributed by atoms with E-state index in [0.717, 1.165) is 0 Å². The first kappa shape index (κ1) is 11.6. The lowest BCUT2D eigenvalue weighted by molar-refractivity contribution is -0.121. The predicted molar refractivity (Wildman–Crippen MR) is 51.9 cm³/mol. The number of carbonyl (C=O) groups excluding carboxylic acids is 1. The number of nitrogens with one attached hydrogen (secondary N) is 1. The molecule has 84 valence electrons. The van der Waals surface area contributed by atoms with Crippen LogP contribution in [-0.4, -0.2) is 34.3 Å². The SMILES string of the molecule is O=C(CCCCO)NCCc1ncno1. The lowest BCUT2D eigenvalue weighted by Crippen LogP contribution is -2.25. The number of unbranched alkanes of at least 4 members (excludes halogenated alkanes) is 1. The van der Waals surface area contributed by atoms with Gasteiger partial charge in [0.15, 0.2) is 6.33 Å². The molecule has 0 atom stereocenters. The summed E-state index contributed by atoms with van der Waals surface area (Å²) in [5.74, 6) is 0.508. The molecule has 0 unspecified atom stereocenters. The fourth-order valence-corrected chi connectivity index (χ4v) is 1.10. The fraction of sp³-hybridized carbons (Fsp3) is 0.667. The van der Waals surface area contributed by atoms with Gasteiger partial charge in [0.05, 0.1) is 0 Å². The molecule has 15 heavy (non-hydrogen) atoms. The Morgan fingerprint density at radius 3 is 3.07 bits per heavy atom. The van der Waals surface area contributed by atoms with E-state index in [1.54, 1.807) is 0 Å². The Balaban J connectivity index is 2.02. The van der Waals surface area contributed by atoms with Crippen molar-refractivity contribution < 1.29 is 14.4 Å². The van der Waals surface area contributed by atoms with Gasteiger partial charge in [-0.25, -0.2) is 0 Å². The molecule has 0 radical (unpaired) electrons. The second kappa shape index (κ2) is 6.94. The van der Waals surface area contributed by atoms with Crippen molar-refractivity contribution in [2.45, 2.75) is 25.7 Å². The highest BCUT2D eigenvalue weighted by Gasteiger charge is 2.02. The molecule has 1 aromatic rings. The summed E-state index contributed by atoms with van der Waals surface area (Å²) in [4.78, 5) is 15.0. The first-order chi connectivity index (χ1) is 7.33. The summed E-state index contributed by atoms with van der Waals surface area (Å²) in [6.45, 7) is 0.634. The number of hydrogen-bond donors (Lipinski definition) is 2. The Labute approximate surface area is 87.7 Å². The molecule has 6 heteroatoms. The van der Waals surface area contributed by atoms with Gasteiger partial charge in [-0.15, -0.1) is 0 Å². The largest absolute Gasteiger partial charge is 0.396 e. The average molecular weight is 213 g/mol. The minimum Gasteiger partial charge on any atom is -0.396 e. The molecule has 0 aliphatic rings. The predicted octanol–water partition coefficient (Wildman–Crippen LogP) is -0.109. The third-order valence-corrected chi connectivity index (χ3v) is 1.88. The van der Waals surface area contributed by atoms with Crippen molar-refractivity contribution in [3.63, 3.8) is 0 Å². The average Bonchev–Trinajstić information content (AvgIpc) is 2.71. The van der Waals surface area contributed by atoms with Crippen LogP contribution in [0.15, 0.2) is 10.9 Å². The van der Waals surface area contributed by atoms with Crippen LogP contribution in [0.4, 0.5) is 0 Å². The van der Waals surface area contributed by atoms with Crippen molar-refractivity contribution in [2.24, 2.45) is 0 Å². The van der Waals surface area contributed by atoms with Gasteiger partial charge in [0, 0.05) is 26.0 Å². The Morgan fingerprint density at radius 2 is 2.40 bits per heavy atom. The van der Waals surface area contributed by atoms with Crippen LogP contribution in [0.25, 0.3) is 0 Å². The van der Waals surface area contributed by atoms with Gasteiger partial charge in [-0.3, -0.25) is 4.79 Å². The van der Waals surface area contributed by atoms with Crippen molar-refractivity contribution in [1.29, 1.82) is 0 Å². The van der Waals surface area contributed by atoms with Gasteiger partial charge < -0.3 is 14.9 Å². The molecule has 6 nitrogen and oxygen atoms in total. The first-order valence-corrected chi connectivity index (χ1v) is 4.96. The normalized spacial score (nSPS) is 10.2. The molecule has 0 saturated carbocycles. The summed E-state index contributed by atoms with van der Waals surface area (Å²) in [5, 5.41) is 14.7. The maximum Gasteiger partial charge on any atom is 0.228 e. The molecule has 1 aromatic heterocycles. The summed E-state index contributed by atoms with van der Waals surface area (Å²) in [7, 11) is 0. The number of hydrogen-bond acceptors (Lipinski definition) is 5. The molecule has 0 saturated heterocycles. The third kappa shape index (κ3) is 5.11. The van der Waals surface area contributed by atoms with Crippen LogP contribution < -0.4 is 5.32 Å². The van der Waals surface area contributed by atoms with E-state index >= 15 is 0 Å². The van der Waals surface area contributed by atoms with E-state index in [0.29, 0.717) is 38.1 Å². The van der Waals surface area contributed by atoms with Crippen LogP contribution in [0.3, 0.4) is 0 Å². The van der Waals surface area contributed by atoms with Crippen LogP contribution >= 0.6 is 0 Å². The lowest BCUT2D eigenvalue weighted by Gasteiger charge is -2.02. The molecular weight excluding hydrogens is 198 g/mol. The first-order valence-electron chi connectivity index (χ1n) is 4.96. The van der Waals surface area contributed by atoms with Gasteiger partial charge in [-0.1, -0.05) is 5.16 Å². The van der Waals surface area contributed by atoms with Gasteiger partial charge in [-0.2, -0.15) is 4.98 Å². The number of aliphatic hydroxyl groups excluding tert-OH is 1. The zero-order valence-electron chi connectivity index (χ0n) is 8.48. The highest BCUT2D eigenvalue weighted by Crippen LogP contribution is 1.94. The molecule has 0 spiro atoms. The van der Waals surface area contributed by atoms with Crippen LogP contribution in [0.2, 0.25) is 0 Å². The summed E-state index contributed by atoms with van der Waals surface area (Å²) < 4.78 is 4.77. The second-order valence-corrected chi connectivity index (χ2v) is 3.12. The lowest BCUT2D eigenvalue weighted by atomic mass is 10.2. The Kier molecular flexibility index (Phi) is 5.39. The van der Waals surface area contributed by atoms with E-state index in [1.807, 2.05) is 0 Å². The molecule has 0 bridgehead atoms. The molecule has 0 fully saturated rings. The van der Waals surface area contributed by atoms with E-state index in [9.17, 15) is 4.79 Å². The van der Waals surface area contributed by atoms with E-state index in [1.165, 1.54) is 6.33 Å². The van der Waals surface area contributed by atoms with Crippen LogP contribution in [0, 0.1) is 0 Å². The van der Waals surface area contributed by atoms with Gasteiger partial charge >= 0.3 is 0 Å². The van der Waals surface area contributed by atoms with Crippen molar-refractivity contribution in [1.82, 2.24) is 15.5 Å². The zero-order valence-corrected chi connectivity index (χ0v) is 8.48. The molecule has 0 aliphatic heterocycles. The summed E-state index contributed by atoms with van der Waals surface area (Å²) in [6, 6.07) is 0. The summed E-state index contributed by atoms with van der Waals surface area (Å²) in [6.07, 6.45) is 3.70. The van der Waals surface area contributed by atoms with Gasteiger partial charge in [0.1, 0.15) is 0 Å². The Hall–Kier alpha value is -1.43. The van der Waals surface area contributed by atoms with Crippen molar-refractivity contribution >= 4 is 5.91 Å². The highest BCUT2D eigenvalue weighted by atomic mass is 16.5. The second-order valence-electron chi connectivity index (χ2n) is 3.12.